The van der Waals surface area contributed by atoms with Crippen LogP contribution in [0.3, 0.4) is 0 Å². The van der Waals surface area contributed by atoms with Gasteiger partial charge in [0.15, 0.2) is 0 Å². The van der Waals surface area contributed by atoms with Crippen molar-refractivity contribution < 1.29 is 19.4 Å². The van der Waals surface area contributed by atoms with E-state index >= 15 is 0 Å². The maximum Gasteiger partial charge on any atom is 0.300 e. The van der Waals surface area contributed by atoms with Crippen molar-refractivity contribution in [3.8, 4) is 5.75 Å². The highest BCUT2D eigenvalue weighted by molar-refractivity contribution is 9.10. The quantitative estimate of drug-likeness (QED) is 0.332. The Bertz CT molecular complexity index is 1140. The van der Waals surface area contributed by atoms with Crippen LogP contribution >= 0.6 is 15.9 Å². The molecule has 1 aliphatic heterocycles. The Balaban J connectivity index is 1.94. The molecular formula is C24H18BrNO4. The summed E-state index contributed by atoms with van der Waals surface area (Å²) in [6, 6.07) is 22.3. The van der Waals surface area contributed by atoms with Crippen molar-refractivity contribution in [2.45, 2.75) is 6.04 Å². The van der Waals surface area contributed by atoms with Gasteiger partial charge in [0.2, 0.25) is 0 Å². The van der Waals surface area contributed by atoms with E-state index in [1.165, 1.54) is 12.0 Å². The van der Waals surface area contributed by atoms with Crippen LogP contribution in [-0.2, 0) is 9.59 Å². The van der Waals surface area contributed by atoms with Gasteiger partial charge in [-0.2, -0.15) is 0 Å². The first kappa shape index (κ1) is 19.9. The molecule has 5 nitrogen and oxygen atoms in total. The molecule has 1 N–H and O–H groups in total. The average molecular weight is 464 g/mol. The molecular weight excluding hydrogens is 446 g/mol. The van der Waals surface area contributed by atoms with E-state index in [1.54, 1.807) is 48.5 Å². The van der Waals surface area contributed by atoms with Crippen LogP contribution in [0.4, 0.5) is 5.69 Å². The monoisotopic (exact) mass is 463 g/mol. The molecule has 150 valence electrons. The van der Waals surface area contributed by atoms with Gasteiger partial charge in [0.05, 0.1) is 18.7 Å². The molecule has 0 aliphatic carbocycles. The summed E-state index contributed by atoms with van der Waals surface area (Å²) in [5.74, 6) is -1.11. The molecule has 0 bridgehead atoms. The molecule has 0 aromatic heterocycles. The zero-order valence-corrected chi connectivity index (χ0v) is 17.7. The first-order valence-electron chi connectivity index (χ1n) is 9.27. The molecule has 3 aromatic carbocycles. The van der Waals surface area contributed by atoms with E-state index in [0.717, 1.165) is 4.47 Å². The van der Waals surface area contributed by atoms with Crippen LogP contribution in [0.2, 0.25) is 0 Å². The number of Topliss-reactive ketones (excluding diaryl/α,β-unsaturated/α-hetero) is 1. The number of amides is 1. The molecule has 0 spiro atoms. The maximum atomic E-state index is 13.1. The van der Waals surface area contributed by atoms with Gasteiger partial charge in [-0.25, -0.2) is 0 Å². The molecule has 30 heavy (non-hydrogen) atoms. The highest BCUT2D eigenvalue weighted by atomic mass is 79.9. The normalized spacial score (nSPS) is 17.9. The number of aliphatic hydroxyl groups is 1. The van der Waals surface area contributed by atoms with E-state index in [2.05, 4.69) is 15.9 Å². The number of carbonyl (C=O) groups is 2. The predicted molar refractivity (Wildman–Crippen MR) is 118 cm³/mol. The second-order valence-corrected chi connectivity index (χ2v) is 7.70. The van der Waals surface area contributed by atoms with E-state index in [0.29, 0.717) is 22.6 Å². The van der Waals surface area contributed by atoms with Gasteiger partial charge in [0.1, 0.15) is 11.5 Å². The SMILES string of the molecule is COc1cccc(/C(O)=C2/C(=O)C(=O)N(c3ccccc3)C2c2ccc(Br)cc2)c1. The second kappa shape index (κ2) is 8.16. The van der Waals surface area contributed by atoms with Crippen LogP contribution in [0.1, 0.15) is 17.2 Å². The third kappa shape index (κ3) is 3.50. The van der Waals surface area contributed by atoms with Crippen LogP contribution in [0.25, 0.3) is 5.76 Å². The lowest BCUT2D eigenvalue weighted by Crippen LogP contribution is -2.29. The van der Waals surface area contributed by atoms with E-state index in [1.807, 2.05) is 30.3 Å². The summed E-state index contributed by atoms with van der Waals surface area (Å²) >= 11 is 3.41. The van der Waals surface area contributed by atoms with Crippen LogP contribution in [0, 0.1) is 0 Å². The standard InChI is InChI=1S/C24H18BrNO4/c1-30-19-9-5-6-16(14-19)22(27)20-21(15-10-12-17(25)13-11-15)26(24(29)23(20)28)18-7-3-2-4-8-18/h2-14,21,27H,1H3/b22-20-. The minimum absolute atomic E-state index is 0.0411. The van der Waals surface area contributed by atoms with Gasteiger partial charge in [-0.3, -0.25) is 14.5 Å². The fourth-order valence-electron chi connectivity index (χ4n) is 3.57. The number of ketones is 1. The Labute approximate surface area is 182 Å². The average Bonchev–Trinajstić information content (AvgIpc) is 3.05. The molecule has 1 aliphatic rings. The third-order valence-electron chi connectivity index (χ3n) is 5.01. The summed E-state index contributed by atoms with van der Waals surface area (Å²) in [6.45, 7) is 0. The van der Waals surface area contributed by atoms with E-state index in [-0.39, 0.29) is 11.3 Å². The summed E-state index contributed by atoms with van der Waals surface area (Å²) in [4.78, 5) is 27.5. The van der Waals surface area contributed by atoms with Crippen molar-refractivity contribution in [2.75, 3.05) is 12.0 Å². The lowest BCUT2D eigenvalue weighted by molar-refractivity contribution is -0.132. The van der Waals surface area contributed by atoms with E-state index in [4.69, 9.17) is 4.74 Å². The number of hydrogen-bond donors (Lipinski definition) is 1. The Morgan fingerprint density at radius 1 is 0.967 bits per heavy atom. The fraction of sp³-hybridized carbons (Fsp3) is 0.0833. The van der Waals surface area contributed by atoms with Gasteiger partial charge in [0, 0.05) is 15.7 Å². The van der Waals surface area contributed by atoms with Crippen molar-refractivity contribution in [1.29, 1.82) is 0 Å². The number of carbonyl (C=O) groups excluding carboxylic acids is 2. The number of aliphatic hydroxyl groups excluding tert-OH is 1. The largest absolute Gasteiger partial charge is 0.507 e. The zero-order valence-electron chi connectivity index (χ0n) is 16.1. The van der Waals surface area contributed by atoms with Crippen molar-refractivity contribution in [3.63, 3.8) is 0 Å². The highest BCUT2D eigenvalue weighted by Crippen LogP contribution is 2.42. The summed E-state index contributed by atoms with van der Waals surface area (Å²) in [5.41, 5.74) is 1.74. The van der Waals surface area contributed by atoms with Crippen LogP contribution in [0.5, 0.6) is 5.75 Å². The van der Waals surface area contributed by atoms with E-state index < -0.39 is 17.7 Å². The summed E-state index contributed by atoms with van der Waals surface area (Å²) in [5, 5.41) is 11.1. The molecule has 1 fully saturated rings. The molecule has 1 unspecified atom stereocenters. The highest BCUT2D eigenvalue weighted by Gasteiger charge is 2.46. The fourth-order valence-corrected chi connectivity index (χ4v) is 3.84. The Morgan fingerprint density at radius 2 is 1.67 bits per heavy atom. The van der Waals surface area contributed by atoms with Crippen LogP contribution in [0.15, 0.2) is 88.9 Å². The Hall–Kier alpha value is -3.38. The molecule has 1 amide bonds. The van der Waals surface area contributed by atoms with Crippen molar-refractivity contribution in [3.05, 3.63) is 100 Å². The minimum atomic E-state index is -0.758. The second-order valence-electron chi connectivity index (χ2n) is 6.79. The molecule has 1 heterocycles. The number of halogens is 1. The molecule has 0 radical (unpaired) electrons. The summed E-state index contributed by atoms with van der Waals surface area (Å²) < 4.78 is 6.10. The van der Waals surface area contributed by atoms with Gasteiger partial charge in [-0.1, -0.05) is 58.4 Å². The van der Waals surface area contributed by atoms with Gasteiger partial charge < -0.3 is 9.84 Å². The molecule has 6 heteroatoms. The lowest BCUT2D eigenvalue weighted by atomic mass is 9.95. The number of nitrogens with zero attached hydrogens (tertiary/aromatic N) is 1. The number of methoxy groups -OCH3 is 1. The van der Waals surface area contributed by atoms with E-state index in [9.17, 15) is 14.7 Å². The number of ether oxygens (including phenoxy) is 1. The maximum absolute atomic E-state index is 13.1. The first-order valence-corrected chi connectivity index (χ1v) is 10.1. The van der Waals surface area contributed by atoms with Gasteiger partial charge in [-0.05, 0) is 42.0 Å². The molecule has 1 atom stereocenters. The van der Waals surface area contributed by atoms with Crippen LogP contribution in [-0.4, -0.2) is 23.9 Å². The predicted octanol–water partition coefficient (Wildman–Crippen LogP) is 5.08. The zero-order chi connectivity index (χ0) is 21.3. The van der Waals surface area contributed by atoms with Crippen LogP contribution < -0.4 is 9.64 Å². The molecule has 0 saturated carbocycles. The number of rotatable bonds is 4. The molecule has 4 rings (SSSR count). The number of benzene rings is 3. The van der Waals surface area contributed by atoms with Gasteiger partial charge >= 0.3 is 0 Å². The summed E-state index contributed by atoms with van der Waals surface area (Å²) in [6.07, 6.45) is 0. The number of anilines is 1. The minimum Gasteiger partial charge on any atom is -0.507 e. The van der Waals surface area contributed by atoms with Crippen molar-refractivity contribution >= 4 is 39.1 Å². The van der Waals surface area contributed by atoms with Crippen molar-refractivity contribution in [1.82, 2.24) is 0 Å². The third-order valence-corrected chi connectivity index (χ3v) is 5.54. The van der Waals surface area contributed by atoms with Crippen molar-refractivity contribution in [2.24, 2.45) is 0 Å². The lowest BCUT2D eigenvalue weighted by Gasteiger charge is -2.25. The Kier molecular flexibility index (Phi) is 5.42. The number of para-hydroxylation sites is 1. The number of hydrogen-bond acceptors (Lipinski definition) is 4. The molecule has 1 saturated heterocycles. The summed E-state index contributed by atoms with van der Waals surface area (Å²) in [7, 11) is 1.52. The topological polar surface area (TPSA) is 66.8 Å². The van der Waals surface area contributed by atoms with Gasteiger partial charge in [0.25, 0.3) is 11.7 Å². The Morgan fingerprint density at radius 3 is 2.33 bits per heavy atom. The smallest absolute Gasteiger partial charge is 0.300 e. The molecule has 3 aromatic rings. The van der Waals surface area contributed by atoms with Gasteiger partial charge in [-0.15, -0.1) is 0 Å². The first-order chi connectivity index (χ1) is 14.5.